The molecule has 0 bridgehead atoms. The number of hydrogen-bond acceptors (Lipinski definition) is 8. The number of nitro groups is 1. The number of aromatic nitrogens is 3. The number of benzene rings is 2. The molecule has 2 aromatic heterocycles. The molecule has 11 heteroatoms. The molecule has 0 atom stereocenters. The number of aryl methyl sites for hydroxylation is 2. The number of para-hydroxylation sites is 1. The van der Waals surface area contributed by atoms with Crippen LogP contribution in [0.15, 0.2) is 48.8 Å². The van der Waals surface area contributed by atoms with Gasteiger partial charge in [0.15, 0.2) is 0 Å². The number of likely N-dealkylation sites (N-methyl/N-ethyl adjacent to an activating group) is 2. The molecule has 4 aromatic rings. The Bertz CT molecular complexity index is 1500. The Balaban J connectivity index is 1.70. The first-order valence-corrected chi connectivity index (χ1v) is 11.6. The fourth-order valence-electron chi connectivity index (χ4n) is 4.27. The highest BCUT2D eigenvalue weighted by atomic mass is 16.6. The number of nitro benzene ring substituents is 1. The Hall–Kier alpha value is -4.51. The van der Waals surface area contributed by atoms with Gasteiger partial charge < -0.3 is 24.8 Å². The molecule has 4 rings (SSSR count). The summed E-state index contributed by atoms with van der Waals surface area (Å²) in [5, 5.41) is 25.4. The minimum atomic E-state index is -1.00. The number of nitrogens with zero attached hydrogens (tertiary/aromatic N) is 6. The van der Waals surface area contributed by atoms with Crippen LogP contribution in [-0.2, 0) is 7.05 Å². The van der Waals surface area contributed by atoms with Crippen LogP contribution in [-0.4, -0.2) is 69.7 Å². The molecule has 0 radical (unpaired) electrons. The molecular formula is C26H29N7O4. The number of nitrogens with one attached hydrogen (secondary N) is 1. The van der Waals surface area contributed by atoms with Crippen LogP contribution >= 0.6 is 0 Å². The van der Waals surface area contributed by atoms with E-state index in [0.717, 1.165) is 23.1 Å². The van der Waals surface area contributed by atoms with Gasteiger partial charge in [0.1, 0.15) is 5.69 Å². The van der Waals surface area contributed by atoms with Crippen molar-refractivity contribution in [1.82, 2.24) is 19.4 Å². The van der Waals surface area contributed by atoms with Gasteiger partial charge >= 0.3 is 5.97 Å². The summed E-state index contributed by atoms with van der Waals surface area (Å²) in [6.45, 7) is 3.27. The zero-order valence-electron chi connectivity index (χ0n) is 21.4. The summed E-state index contributed by atoms with van der Waals surface area (Å²) in [5.41, 5.74) is 4.01. The quantitative estimate of drug-likeness (QED) is 0.254. The predicted molar refractivity (Wildman–Crippen MR) is 144 cm³/mol. The molecule has 0 fully saturated rings. The van der Waals surface area contributed by atoms with Gasteiger partial charge in [-0.3, -0.25) is 10.1 Å². The molecule has 0 spiro atoms. The smallest absolute Gasteiger partial charge is 0.337 e. The maximum Gasteiger partial charge on any atom is 0.337 e. The first kappa shape index (κ1) is 25.6. The Morgan fingerprint density at radius 3 is 2.62 bits per heavy atom. The molecule has 0 saturated carbocycles. The molecule has 2 heterocycles. The zero-order valence-corrected chi connectivity index (χ0v) is 21.4. The standard InChI is InChI=1S/C26H29N7O4/c1-16-13-22(31(4)12-11-30(2)3)23(33(36)37)14-21(16)29-26-27-10-9-20(28-26)19-15-32(5)24-17(19)7-6-8-18(24)25(34)35/h6-10,13-15H,11-12H2,1-5H3,(H,34,35)(H,27,28,29). The van der Waals surface area contributed by atoms with Crippen LogP contribution in [0.3, 0.4) is 0 Å². The molecule has 0 aliphatic rings. The summed E-state index contributed by atoms with van der Waals surface area (Å²) in [5.74, 6) is -0.730. The Morgan fingerprint density at radius 2 is 1.95 bits per heavy atom. The van der Waals surface area contributed by atoms with E-state index < -0.39 is 5.97 Å². The van der Waals surface area contributed by atoms with Crippen LogP contribution in [0.2, 0.25) is 0 Å². The maximum absolute atomic E-state index is 11.9. The van der Waals surface area contributed by atoms with Crippen molar-refractivity contribution in [3.63, 3.8) is 0 Å². The van der Waals surface area contributed by atoms with Crippen molar-refractivity contribution in [3.05, 3.63) is 70.0 Å². The van der Waals surface area contributed by atoms with Crippen molar-refractivity contribution in [2.75, 3.05) is 44.4 Å². The van der Waals surface area contributed by atoms with E-state index in [1.807, 2.05) is 50.1 Å². The van der Waals surface area contributed by atoms with Crippen LogP contribution in [0.4, 0.5) is 23.0 Å². The third-order valence-corrected chi connectivity index (χ3v) is 6.22. The summed E-state index contributed by atoms with van der Waals surface area (Å²) in [4.78, 5) is 36.0. The normalized spacial score (nSPS) is 11.2. The van der Waals surface area contributed by atoms with Gasteiger partial charge in [0.25, 0.3) is 5.69 Å². The number of rotatable bonds is 9. The molecule has 2 aromatic carbocycles. The molecule has 11 nitrogen and oxygen atoms in total. The number of fused-ring (bicyclic) bond motifs is 1. The summed E-state index contributed by atoms with van der Waals surface area (Å²) in [6.07, 6.45) is 3.43. The van der Waals surface area contributed by atoms with Crippen molar-refractivity contribution in [1.29, 1.82) is 0 Å². The van der Waals surface area contributed by atoms with E-state index in [-0.39, 0.29) is 22.1 Å². The molecule has 0 aliphatic heterocycles. The van der Waals surface area contributed by atoms with Crippen LogP contribution in [0, 0.1) is 17.0 Å². The van der Waals surface area contributed by atoms with Crippen molar-refractivity contribution in [2.24, 2.45) is 7.05 Å². The van der Waals surface area contributed by atoms with Crippen LogP contribution < -0.4 is 10.2 Å². The number of hydrogen-bond donors (Lipinski definition) is 2. The SMILES string of the molecule is Cc1cc(N(C)CCN(C)C)c([N+](=O)[O-])cc1Nc1nccc(-c2cn(C)c3c(C(=O)O)cccc23)n1. The zero-order chi connectivity index (χ0) is 26.9. The fourth-order valence-corrected chi connectivity index (χ4v) is 4.27. The van der Waals surface area contributed by atoms with E-state index in [1.54, 1.807) is 42.1 Å². The van der Waals surface area contributed by atoms with Crippen LogP contribution in [0.25, 0.3) is 22.2 Å². The highest BCUT2D eigenvalue weighted by Crippen LogP contribution is 2.35. The van der Waals surface area contributed by atoms with E-state index in [0.29, 0.717) is 29.1 Å². The molecule has 2 N–H and O–H groups in total. The fraction of sp³-hybridized carbons (Fsp3) is 0.269. The first-order valence-electron chi connectivity index (χ1n) is 11.6. The Labute approximate surface area is 214 Å². The van der Waals surface area contributed by atoms with Gasteiger partial charge in [-0.25, -0.2) is 14.8 Å². The number of aromatic carboxylic acids is 1. The lowest BCUT2D eigenvalue weighted by atomic mass is 10.1. The number of carboxylic acids is 1. The van der Waals surface area contributed by atoms with E-state index in [1.165, 1.54) is 6.07 Å². The second kappa shape index (κ2) is 10.2. The van der Waals surface area contributed by atoms with E-state index >= 15 is 0 Å². The molecule has 0 amide bonds. The molecule has 0 aliphatic carbocycles. The molecule has 37 heavy (non-hydrogen) atoms. The molecule has 0 saturated heterocycles. The number of carbonyl (C=O) groups is 1. The topological polar surface area (TPSA) is 130 Å². The lowest BCUT2D eigenvalue weighted by Crippen LogP contribution is -2.29. The van der Waals surface area contributed by atoms with Crippen molar-refractivity contribution in [2.45, 2.75) is 6.92 Å². The second-order valence-corrected chi connectivity index (χ2v) is 9.19. The maximum atomic E-state index is 11.9. The lowest BCUT2D eigenvalue weighted by molar-refractivity contribution is -0.384. The average Bonchev–Trinajstić information content (AvgIpc) is 3.20. The van der Waals surface area contributed by atoms with E-state index in [4.69, 9.17) is 0 Å². The minimum Gasteiger partial charge on any atom is -0.478 e. The highest BCUT2D eigenvalue weighted by Gasteiger charge is 2.21. The number of anilines is 3. The third-order valence-electron chi connectivity index (χ3n) is 6.22. The van der Waals surface area contributed by atoms with Crippen LogP contribution in [0.5, 0.6) is 0 Å². The minimum absolute atomic E-state index is 0.0132. The van der Waals surface area contributed by atoms with Crippen molar-refractivity contribution >= 4 is 39.9 Å². The van der Waals surface area contributed by atoms with Gasteiger partial charge in [0, 0.05) is 56.6 Å². The van der Waals surface area contributed by atoms with E-state index in [2.05, 4.69) is 15.3 Å². The van der Waals surface area contributed by atoms with Gasteiger partial charge in [-0.2, -0.15) is 0 Å². The lowest BCUT2D eigenvalue weighted by Gasteiger charge is -2.22. The summed E-state index contributed by atoms with van der Waals surface area (Å²) >= 11 is 0. The van der Waals surface area contributed by atoms with Gasteiger partial charge in [0.05, 0.1) is 27.4 Å². The monoisotopic (exact) mass is 503 g/mol. The highest BCUT2D eigenvalue weighted by molar-refractivity contribution is 6.07. The summed E-state index contributed by atoms with van der Waals surface area (Å²) in [6, 6.07) is 10.2. The van der Waals surface area contributed by atoms with Gasteiger partial charge in [-0.1, -0.05) is 12.1 Å². The van der Waals surface area contributed by atoms with Gasteiger partial charge in [0.2, 0.25) is 5.95 Å². The number of carboxylic acid groups (broad SMARTS) is 1. The largest absolute Gasteiger partial charge is 0.478 e. The van der Waals surface area contributed by atoms with E-state index in [9.17, 15) is 20.0 Å². The Kier molecular flexibility index (Phi) is 7.07. The first-order chi connectivity index (χ1) is 17.6. The predicted octanol–water partition coefficient (Wildman–Crippen LogP) is 4.29. The van der Waals surface area contributed by atoms with Gasteiger partial charge in [-0.05, 0) is 44.8 Å². The second-order valence-electron chi connectivity index (χ2n) is 9.19. The molecule has 192 valence electrons. The van der Waals surface area contributed by atoms with Gasteiger partial charge in [-0.15, -0.1) is 0 Å². The average molecular weight is 504 g/mol. The Morgan fingerprint density at radius 1 is 1.19 bits per heavy atom. The molecule has 0 unspecified atom stereocenters. The van der Waals surface area contributed by atoms with Crippen molar-refractivity contribution < 1.29 is 14.8 Å². The summed E-state index contributed by atoms with van der Waals surface area (Å²) in [7, 11) is 7.54. The van der Waals surface area contributed by atoms with Crippen LogP contribution in [0.1, 0.15) is 15.9 Å². The molecular weight excluding hydrogens is 474 g/mol. The third kappa shape index (κ3) is 5.21. The summed E-state index contributed by atoms with van der Waals surface area (Å²) < 4.78 is 1.77. The van der Waals surface area contributed by atoms with Crippen molar-refractivity contribution in [3.8, 4) is 11.3 Å².